The number of rotatable bonds is 20. The van der Waals surface area contributed by atoms with Gasteiger partial charge in [0.05, 0.1) is 22.8 Å². The fourth-order valence-corrected chi connectivity index (χ4v) is 7.97. The van der Waals surface area contributed by atoms with Crippen molar-refractivity contribution in [3.8, 4) is 0 Å². The van der Waals surface area contributed by atoms with Crippen LogP contribution < -0.4 is 21.3 Å². The van der Waals surface area contributed by atoms with E-state index in [0.29, 0.717) is 38.8 Å². The van der Waals surface area contributed by atoms with Crippen molar-refractivity contribution in [3.05, 3.63) is 69.3 Å². The van der Waals surface area contributed by atoms with E-state index in [4.69, 9.17) is 9.97 Å². The van der Waals surface area contributed by atoms with E-state index in [1.807, 2.05) is 0 Å². The Bertz CT molecular complexity index is 2100. The molecule has 5 rings (SSSR count). The van der Waals surface area contributed by atoms with Gasteiger partial charge < -0.3 is 31.2 Å². The van der Waals surface area contributed by atoms with E-state index in [2.05, 4.69) is 111 Å². The topological polar surface area (TPSA) is 140 Å². The molecule has 0 aliphatic carbocycles. The molecule has 0 unspecified atom stereocenters. The summed E-state index contributed by atoms with van der Waals surface area (Å²) < 4.78 is 0. The van der Waals surface area contributed by atoms with Crippen molar-refractivity contribution in [2.24, 2.45) is 0 Å². The molecule has 3 aromatic heterocycles. The number of carbonyl (C=O) groups is 2. The number of carbonyl (C=O) groups excluding carboxylic acids is 2. The second-order valence-corrected chi connectivity index (χ2v) is 15.2. The van der Waals surface area contributed by atoms with E-state index in [1.165, 1.54) is 22.3 Å². The van der Waals surface area contributed by atoms with Crippen molar-refractivity contribution in [2.75, 3.05) is 39.3 Å². The molecule has 8 bridgehead atoms. The van der Waals surface area contributed by atoms with Gasteiger partial charge in [-0.2, -0.15) is 0 Å². The molecule has 10 nitrogen and oxygen atoms in total. The van der Waals surface area contributed by atoms with E-state index < -0.39 is 0 Å². The minimum Gasteiger partial charge on any atom is -0.356 e. The molecule has 0 aromatic carbocycles. The van der Waals surface area contributed by atoms with Crippen molar-refractivity contribution in [1.29, 1.82) is 0 Å². The van der Waals surface area contributed by atoms with Crippen LogP contribution in [0, 0.1) is 13.8 Å². The fourth-order valence-electron chi connectivity index (χ4n) is 7.97. The Hall–Kier alpha value is -4.54. The Morgan fingerprint density at radius 1 is 0.536 bits per heavy atom. The highest BCUT2D eigenvalue weighted by atomic mass is 16.2. The molecule has 302 valence electrons. The van der Waals surface area contributed by atoms with Gasteiger partial charge in [0.1, 0.15) is 0 Å². The number of amides is 2. The summed E-state index contributed by atoms with van der Waals surface area (Å²) in [6, 6.07) is 8.67. The highest BCUT2D eigenvalue weighted by Gasteiger charge is 2.23. The summed E-state index contributed by atoms with van der Waals surface area (Å²) in [5.74, 6) is 0.105. The standard InChI is InChI=1S/C46H66N8O2/c1-9-33-29(5)37-25-38-31(7)35(17-19-45(55)49-23-15-13-21-47-11-3)43(53-38)28-44-36(18-20-46(56)50-24-16-14-22-48-12-4)32(8)40(54-44)27-42-34(10-2)30(6)39(52-42)26-41(33)51-37/h25-28,47-48,51-52H,9-24H2,1-8H3,(H,49,55)(H,50,56). The highest BCUT2D eigenvalue weighted by Crippen LogP contribution is 2.38. The van der Waals surface area contributed by atoms with E-state index in [0.717, 1.165) is 132 Å². The van der Waals surface area contributed by atoms with E-state index in [-0.39, 0.29) is 11.8 Å². The molecule has 10 heteroatoms. The third-order valence-corrected chi connectivity index (χ3v) is 11.4. The molecule has 5 heterocycles. The Kier molecular flexibility index (Phi) is 15.7. The number of hydrogen-bond acceptors (Lipinski definition) is 6. The zero-order valence-corrected chi connectivity index (χ0v) is 35.3. The molecule has 0 radical (unpaired) electrons. The lowest BCUT2D eigenvalue weighted by Crippen LogP contribution is -2.25. The molecule has 0 fully saturated rings. The Labute approximate surface area is 334 Å². The summed E-state index contributed by atoms with van der Waals surface area (Å²) in [5.41, 5.74) is 17.0. The van der Waals surface area contributed by atoms with Crippen LogP contribution in [0.5, 0.6) is 0 Å². The van der Waals surface area contributed by atoms with Gasteiger partial charge in [-0.05, 0) is 174 Å². The summed E-state index contributed by atoms with van der Waals surface area (Å²) >= 11 is 0. The number of aromatic amines is 2. The zero-order chi connectivity index (χ0) is 40.2. The molecule has 0 saturated heterocycles. The monoisotopic (exact) mass is 763 g/mol. The zero-order valence-electron chi connectivity index (χ0n) is 35.3. The van der Waals surface area contributed by atoms with Gasteiger partial charge in [0.25, 0.3) is 0 Å². The van der Waals surface area contributed by atoms with Crippen molar-refractivity contribution >= 4 is 56.2 Å². The minimum absolute atomic E-state index is 0.0524. The molecule has 2 aliphatic heterocycles. The maximum atomic E-state index is 13.1. The summed E-state index contributed by atoms with van der Waals surface area (Å²) in [6.45, 7) is 22.4. The van der Waals surface area contributed by atoms with Crippen LogP contribution in [0.25, 0.3) is 44.4 Å². The molecule has 6 N–H and O–H groups in total. The molecular formula is C46H66N8O2. The third-order valence-electron chi connectivity index (χ3n) is 11.4. The first-order chi connectivity index (χ1) is 27.1. The molecule has 0 saturated carbocycles. The van der Waals surface area contributed by atoms with Gasteiger partial charge in [-0.1, -0.05) is 27.7 Å². The number of H-pyrrole nitrogens is 2. The highest BCUT2D eigenvalue weighted by molar-refractivity contribution is 5.97. The Morgan fingerprint density at radius 3 is 1.39 bits per heavy atom. The van der Waals surface area contributed by atoms with Gasteiger partial charge in [-0.15, -0.1) is 0 Å². The maximum absolute atomic E-state index is 13.1. The number of nitrogens with one attached hydrogen (secondary N) is 6. The lowest BCUT2D eigenvalue weighted by atomic mass is 9.98. The predicted octanol–water partition coefficient (Wildman–Crippen LogP) is 8.49. The molecule has 0 atom stereocenters. The molecule has 56 heavy (non-hydrogen) atoms. The molecule has 2 aliphatic rings. The second-order valence-electron chi connectivity index (χ2n) is 15.2. The summed E-state index contributed by atoms with van der Waals surface area (Å²) in [5, 5.41) is 12.9. The first-order valence-electron chi connectivity index (χ1n) is 21.2. The first kappa shape index (κ1) is 42.6. The molecule has 0 spiro atoms. The van der Waals surface area contributed by atoms with Crippen LogP contribution in [-0.4, -0.2) is 71.0 Å². The van der Waals surface area contributed by atoms with Gasteiger partial charge in [-0.25, -0.2) is 9.97 Å². The number of fused-ring (bicyclic) bond motifs is 8. The predicted molar refractivity (Wildman–Crippen MR) is 234 cm³/mol. The quantitative estimate of drug-likeness (QED) is 0.0639. The van der Waals surface area contributed by atoms with Crippen molar-refractivity contribution in [1.82, 2.24) is 41.2 Å². The van der Waals surface area contributed by atoms with E-state index in [9.17, 15) is 9.59 Å². The second kappa shape index (κ2) is 20.6. The minimum atomic E-state index is 0.0524. The van der Waals surface area contributed by atoms with Crippen LogP contribution in [0.4, 0.5) is 0 Å². The number of unbranched alkanes of at least 4 members (excludes halogenated alkanes) is 2. The summed E-state index contributed by atoms with van der Waals surface area (Å²) in [6.07, 6.45) is 7.65. The Balaban J connectivity index is 1.58. The fraction of sp³-hybridized carbons (Fsp3) is 0.522. The third kappa shape index (κ3) is 10.4. The van der Waals surface area contributed by atoms with Crippen molar-refractivity contribution in [3.63, 3.8) is 0 Å². The van der Waals surface area contributed by atoms with Gasteiger partial charge in [0, 0.05) is 48.0 Å². The number of allylic oxidation sites excluding steroid dienone is 4. The SMILES string of the molecule is CCNCCCCNC(=O)CCC1=C(C)c2cc3[nH]c(cc4[nH]c(cc5nc(cc1n2)C(CCC(=O)NCCCCNCC)=C5C)c(CC)c4C)c(CC)c3C. The summed E-state index contributed by atoms with van der Waals surface area (Å²) in [7, 11) is 0. The number of nitrogens with zero attached hydrogens (tertiary/aromatic N) is 2. The van der Waals surface area contributed by atoms with Crippen LogP contribution in [0.1, 0.15) is 138 Å². The van der Waals surface area contributed by atoms with Crippen LogP contribution in [-0.2, 0) is 22.4 Å². The van der Waals surface area contributed by atoms with Gasteiger partial charge >= 0.3 is 0 Å². The van der Waals surface area contributed by atoms with Gasteiger partial charge in [-0.3, -0.25) is 9.59 Å². The summed E-state index contributed by atoms with van der Waals surface area (Å²) in [4.78, 5) is 44.2. The number of hydrogen-bond donors (Lipinski definition) is 6. The largest absolute Gasteiger partial charge is 0.356 e. The average Bonchev–Trinajstić information content (AvgIpc) is 3.85. The van der Waals surface area contributed by atoms with Crippen LogP contribution in [0.2, 0.25) is 0 Å². The van der Waals surface area contributed by atoms with Crippen molar-refractivity contribution in [2.45, 2.75) is 120 Å². The molecular weight excluding hydrogens is 697 g/mol. The molecule has 3 aromatic rings. The maximum Gasteiger partial charge on any atom is 0.220 e. The van der Waals surface area contributed by atoms with Crippen LogP contribution in [0.15, 0.2) is 24.3 Å². The lowest BCUT2D eigenvalue weighted by molar-refractivity contribution is -0.121. The van der Waals surface area contributed by atoms with Gasteiger partial charge in [0.2, 0.25) is 11.8 Å². The number of aromatic nitrogens is 4. The average molecular weight is 763 g/mol. The van der Waals surface area contributed by atoms with E-state index in [1.54, 1.807) is 0 Å². The van der Waals surface area contributed by atoms with Crippen LogP contribution >= 0.6 is 0 Å². The lowest BCUT2D eigenvalue weighted by Gasteiger charge is -2.09. The van der Waals surface area contributed by atoms with E-state index >= 15 is 0 Å². The Morgan fingerprint density at radius 2 is 0.946 bits per heavy atom. The van der Waals surface area contributed by atoms with Crippen molar-refractivity contribution < 1.29 is 9.59 Å². The van der Waals surface area contributed by atoms with Gasteiger partial charge in [0.15, 0.2) is 0 Å². The van der Waals surface area contributed by atoms with Crippen LogP contribution in [0.3, 0.4) is 0 Å². The number of aryl methyl sites for hydroxylation is 4. The molecule has 2 amide bonds. The normalized spacial score (nSPS) is 12.9. The smallest absolute Gasteiger partial charge is 0.220 e. The first-order valence-corrected chi connectivity index (χ1v) is 21.2.